The fourth-order valence-corrected chi connectivity index (χ4v) is 1.95. The Morgan fingerprint density at radius 1 is 1.29 bits per heavy atom. The van der Waals surface area contributed by atoms with Crippen LogP contribution in [-0.4, -0.2) is 23.2 Å². The van der Waals surface area contributed by atoms with E-state index in [9.17, 15) is 4.79 Å². The first-order chi connectivity index (χ1) is 7.99. The van der Waals surface area contributed by atoms with Crippen LogP contribution in [-0.2, 0) is 11.2 Å². The number of hydrogen-bond acceptors (Lipinski definition) is 1. The molecule has 1 N–H and O–H groups in total. The van der Waals surface area contributed by atoms with Crippen molar-refractivity contribution in [2.75, 3.05) is 11.8 Å². The van der Waals surface area contributed by atoms with Crippen LogP contribution in [0.1, 0.15) is 12.5 Å². The lowest BCUT2D eigenvalue weighted by Gasteiger charge is -2.25. The molecule has 0 radical (unpaired) electrons. The predicted molar refractivity (Wildman–Crippen MR) is 75.8 cm³/mol. The second-order valence-electron chi connectivity index (χ2n) is 4.18. The maximum atomic E-state index is 11.8. The van der Waals surface area contributed by atoms with Crippen molar-refractivity contribution in [2.45, 2.75) is 18.9 Å². The highest BCUT2D eigenvalue weighted by molar-refractivity contribution is 9.10. The van der Waals surface area contributed by atoms with Crippen molar-refractivity contribution >= 4 is 45.0 Å². The van der Waals surface area contributed by atoms with Crippen LogP contribution in [0.15, 0.2) is 28.7 Å². The smallest absolute Gasteiger partial charge is 0.224 e. The van der Waals surface area contributed by atoms with Gasteiger partial charge in [0.25, 0.3) is 0 Å². The van der Waals surface area contributed by atoms with Crippen LogP contribution in [0.2, 0.25) is 0 Å². The van der Waals surface area contributed by atoms with Gasteiger partial charge in [-0.25, -0.2) is 0 Å². The van der Waals surface area contributed by atoms with Crippen LogP contribution in [0.25, 0.3) is 0 Å². The van der Waals surface area contributed by atoms with Gasteiger partial charge in [-0.3, -0.25) is 4.79 Å². The molecule has 5 heteroatoms. The monoisotopic (exact) mass is 337 g/mol. The minimum Gasteiger partial charge on any atom is -0.348 e. The second-order valence-corrected chi connectivity index (χ2v) is 5.63. The Hall–Kier alpha value is -0.250. The van der Waals surface area contributed by atoms with E-state index in [0.29, 0.717) is 18.2 Å². The fraction of sp³-hybridized carbons (Fsp3) is 0.417. The quantitative estimate of drug-likeness (QED) is 0.819. The first-order valence-electron chi connectivity index (χ1n) is 5.16. The van der Waals surface area contributed by atoms with Crippen molar-refractivity contribution in [1.82, 2.24) is 5.32 Å². The predicted octanol–water partition coefficient (Wildman–Crippen LogP) is 3.34. The zero-order valence-corrected chi connectivity index (χ0v) is 12.6. The molecule has 0 spiro atoms. The number of hydrogen-bond donors (Lipinski definition) is 1. The number of carbonyl (C=O) groups is 1. The molecule has 0 heterocycles. The molecule has 0 aromatic heterocycles. The number of alkyl halides is 2. The summed E-state index contributed by atoms with van der Waals surface area (Å²) in [5.74, 6) is 0.515. The SMILES string of the molecule is CC(CCl)(CCl)NC(=O)Cc1ccc(Br)cc1. The van der Waals surface area contributed by atoms with Gasteiger partial charge >= 0.3 is 0 Å². The molecule has 0 aliphatic heterocycles. The van der Waals surface area contributed by atoms with E-state index in [2.05, 4.69) is 21.2 Å². The summed E-state index contributed by atoms with van der Waals surface area (Å²) in [6.07, 6.45) is 0.330. The van der Waals surface area contributed by atoms with Gasteiger partial charge in [-0.05, 0) is 24.6 Å². The van der Waals surface area contributed by atoms with Gasteiger partial charge < -0.3 is 5.32 Å². The highest BCUT2D eigenvalue weighted by Gasteiger charge is 2.24. The molecule has 0 unspecified atom stereocenters. The van der Waals surface area contributed by atoms with Crippen molar-refractivity contribution in [1.29, 1.82) is 0 Å². The molecule has 0 bridgehead atoms. The third-order valence-electron chi connectivity index (χ3n) is 2.31. The van der Waals surface area contributed by atoms with Crippen LogP contribution >= 0.6 is 39.1 Å². The molecule has 1 aromatic rings. The summed E-state index contributed by atoms with van der Waals surface area (Å²) in [6.45, 7) is 1.83. The molecule has 1 aromatic carbocycles. The molecule has 2 nitrogen and oxygen atoms in total. The van der Waals surface area contributed by atoms with Crippen molar-refractivity contribution in [2.24, 2.45) is 0 Å². The minimum absolute atomic E-state index is 0.0730. The maximum Gasteiger partial charge on any atom is 0.224 e. The number of carbonyl (C=O) groups excluding carboxylic acids is 1. The van der Waals surface area contributed by atoms with Gasteiger partial charge in [-0.1, -0.05) is 28.1 Å². The summed E-state index contributed by atoms with van der Waals surface area (Å²) in [5, 5.41) is 2.84. The van der Waals surface area contributed by atoms with E-state index in [-0.39, 0.29) is 5.91 Å². The molecule has 17 heavy (non-hydrogen) atoms. The van der Waals surface area contributed by atoms with Crippen molar-refractivity contribution in [3.63, 3.8) is 0 Å². The first-order valence-corrected chi connectivity index (χ1v) is 7.03. The Morgan fingerprint density at radius 2 is 1.82 bits per heavy atom. The molecule has 94 valence electrons. The van der Waals surface area contributed by atoms with E-state index in [4.69, 9.17) is 23.2 Å². The topological polar surface area (TPSA) is 29.1 Å². The van der Waals surface area contributed by atoms with Crippen LogP contribution in [0.3, 0.4) is 0 Å². The van der Waals surface area contributed by atoms with Crippen molar-refractivity contribution < 1.29 is 4.79 Å². The van der Waals surface area contributed by atoms with Crippen LogP contribution in [0.4, 0.5) is 0 Å². The Kier molecular flexibility index (Phi) is 5.77. The van der Waals surface area contributed by atoms with E-state index < -0.39 is 5.54 Å². The van der Waals surface area contributed by atoms with E-state index in [0.717, 1.165) is 10.0 Å². The molecule has 0 saturated carbocycles. The minimum atomic E-state index is -0.546. The lowest BCUT2D eigenvalue weighted by molar-refractivity contribution is -0.121. The van der Waals surface area contributed by atoms with Crippen LogP contribution in [0.5, 0.6) is 0 Å². The zero-order chi connectivity index (χ0) is 12.9. The molecule has 0 fully saturated rings. The van der Waals surface area contributed by atoms with Gasteiger partial charge in [-0.15, -0.1) is 23.2 Å². The molecule has 0 atom stereocenters. The standard InChI is InChI=1S/C12H14BrCl2NO/c1-12(7-14,8-15)16-11(17)6-9-2-4-10(13)5-3-9/h2-5H,6-8H2,1H3,(H,16,17). The number of halogens is 3. The molecule has 1 rings (SSSR count). The Labute approximate surface area is 120 Å². The largest absolute Gasteiger partial charge is 0.348 e. The normalized spacial score (nSPS) is 11.3. The highest BCUT2D eigenvalue weighted by Crippen LogP contribution is 2.12. The Morgan fingerprint density at radius 3 is 2.29 bits per heavy atom. The van der Waals surface area contributed by atoms with E-state index in [1.807, 2.05) is 31.2 Å². The highest BCUT2D eigenvalue weighted by atomic mass is 79.9. The lowest BCUT2D eigenvalue weighted by atomic mass is 10.1. The molecule has 0 aliphatic rings. The molecular weight excluding hydrogens is 325 g/mol. The van der Waals surface area contributed by atoms with E-state index in [1.165, 1.54) is 0 Å². The van der Waals surface area contributed by atoms with Gasteiger partial charge in [0.15, 0.2) is 0 Å². The summed E-state index contributed by atoms with van der Waals surface area (Å²) < 4.78 is 0.994. The van der Waals surface area contributed by atoms with Gasteiger partial charge in [-0.2, -0.15) is 0 Å². The average Bonchev–Trinajstić information content (AvgIpc) is 2.32. The Bertz CT molecular complexity index is 377. The number of nitrogens with one attached hydrogen (secondary N) is 1. The van der Waals surface area contributed by atoms with Gasteiger partial charge in [0.1, 0.15) is 0 Å². The summed E-state index contributed by atoms with van der Waals surface area (Å²) in [5.41, 5.74) is 0.410. The third kappa shape index (κ3) is 4.86. The molecular formula is C12H14BrCl2NO. The lowest BCUT2D eigenvalue weighted by Crippen LogP contribution is -2.49. The fourth-order valence-electron chi connectivity index (χ4n) is 1.27. The van der Waals surface area contributed by atoms with Crippen molar-refractivity contribution in [3.8, 4) is 0 Å². The summed E-state index contributed by atoms with van der Waals surface area (Å²) >= 11 is 14.9. The number of benzene rings is 1. The van der Waals surface area contributed by atoms with Crippen LogP contribution < -0.4 is 5.32 Å². The van der Waals surface area contributed by atoms with Gasteiger partial charge in [0, 0.05) is 16.2 Å². The first kappa shape index (κ1) is 14.8. The van der Waals surface area contributed by atoms with Gasteiger partial charge in [0.2, 0.25) is 5.91 Å². The molecule has 0 aliphatic carbocycles. The van der Waals surface area contributed by atoms with Crippen LogP contribution in [0, 0.1) is 0 Å². The third-order valence-corrected chi connectivity index (χ3v) is 4.02. The summed E-state index contributed by atoms with van der Waals surface area (Å²) in [7, 11) is 0. The maximum absolute atomic E-state index is 11.8. The number of rotatable bonds is 5. The summed E-state index contributed by atoms with van der Waals surface area (Å²) in [6, 6.07) is 7.63. The zero-order valence-electron chi connectivity index (χ0n) is 9.47. The molecule has 0 saturated heterocycles. The Balaban J connectivity index is 2.58. The van der Waals surface area contributed by atoms with E-state index in [1.54, 1.807) is 0 Å². The van der Waals surface area contributed by atoms with E-state index >= 15 is 0 Å². The number of amides is 1. The van der Waals surface area contributed by atoms with Crippen molar-refractivity contribution in [3.05, 3.63) is 34.3 Å². The summed E-state index contributed by atoms with van der Waals surface area (Å²) in [4.78, 5) is 11.8. The van der Waals surface area contributed by atoms with Gasteiger partial charge in [0.05, 0.1) is 12.0 Å². The average molecular weight is 339 g/mol. The second kappa shape index (κ2) is 6.62. The molecule has 1 amide bonds.